The number of piperazine rings is 1. The maximum absolute atomic E-state index is 13.5. The van der Waals surface area contributed by atoms with E-state index in [1.165, 1.54) is 16.3 Å². The molecule has 0 amide bonds. The zero-order valence-electron chi connectivity index (χ0n) is 21.5. The van der Waals surface area contributed by atoms with Crippen LogP contribution in [-0.2, 0) is 16.4 Å². The van der Waals surface area contributed by atoms with E-state index < -0.39 is 9.84 Å². The van der Waals surface area contributed by atoms with Gasteiger partial charge < -0.3 is 15.1 Å². The fourth-order valence-corrected chi connectivity index (χ4v) is 5.84. The van der Waals surface area contributed by atoms with E-state index in [0.29, 0.717) is 29.1 Å². The second kappa shape index (κ2) is 10.4. The van der Waals surface area contributed by atoms with Crippen LogP contribution in [0.5, 0.6) is 0 Å². The van der Waals surface area contributed by atoms with Crippen molar-refractivity contribution in [1.29, 1.82) is 0 Å². The van der Waals surface area contributed by atoms with Gasteiger partial charge in [-0.3, -0.25) is 9.36 Å². The lowest BCUT2D eigenvalue weighted by atomic mass is 10.1. The number of sulfone groups is 1. The summed E-state index contributed by atoms with van der Waals surface area (Å²) in [5.74, 6) is 0.363. The summed E-state index contributed by atoms with van der Waals surface area (Å²) in [5.41, 5.74) is 2.68. The maximum atomic E-state index is 13.5. The number of fused-ring (bicyclic) bond motifs is 1. The lowest BCUT2D eigenvalue weighted by molar-refractivity contribution is 0.313. The number of hydrogen-bond donors (Lipinski definition) is 1. The van der Waals surface area contributed by atoms with Gasteiger partial charge >= 0.3 is 0 Å². The van der Waals surface area contributed by atoms with Gasteiger partial charge in [0.2, 0.25) is 5.95 Å². The summed E-state index contributed by atoms with van der Waals surface area (Å²) in [6.45, 7) is 6.26. The Labute approximate surface area is 226 Å². The van der Waals surface area contributed by atoms with Gasteiger partial charge in [-0.05, 0) is 56.4 Å². The number of rotatable bonds is 6. The van der Waals surface area contributed by atoms with Crippen molar-refractivity contribution in [1.82, 2.24) is 19.4 Å². The number of likely N-dealkylation sites (N-methyl/N-ethyl adjacent to an activating group) is 1. The topological polar surface area (TPSA) is 100 Å². The summed E-state index contributed by atoms with van der Waals surface area (Å²) in [5, 5.41) is 4.12. The molecule has 0 saturated carbocycles. The van der Waals surface area contributed by atoms with Gasteiger partial charge in [-0.25, -0.2) is 13.4 Å². The summed E-state index contributed by atoms with van der Waals surface area (Å²) in [6.07, 6.45) is 2.73. The molecule has 1 aliphatic heterocycles. The number of pyridine rings is 1. The van der Waals surface area contributed by atoms with Gasteiger partial charge in [0.05, 0.1) is 4.90 Å². The summed E-state index contributed by atoms with van der Waals surface area (Å²) >= 11 is 6.06. The molecule has 0 aliphatic carbocycles. The van der Waals surface area contributed by atoms with Crippen LogP contribution in [0.15, 0.2) is 64.4 Å². The second-order valence-electron chi connectivity index (χ2n) is 9.45. The standard InChI is InChI=1S/C27H29ClN6O3S/c1-4-34-25-18(15-23(26(34)35)22-10-5-19(28)16-24(22)38(3,36)37)17-29-27(31-25)30-20-6-8-21(9-7-20)33-13-11-32(2)12-14-33/h5-10,15-17H,4,11-14H2,1-3H3,(H,29,30,31). The highest BCUT2D eigenvalue weighted by atomic mass is 35.5. The Morgan fingerprint density at radius 1 is 1.00 bits per heavy atom. The van der Waals surface area contributed by atoms with Gasteiger partial charge in [0.25, 0.3) is 5.56 Å². The quantitative estimate of drug-likeness (QED) is 0.383. The molecule has 1 aliphatic rings. The summed E-state index contributed by atoms with van der Waals surface area (Å²) in [6, 6.07) is 14.3. The number of aryl methyl sites for hydroxylation is 1. The molecule has 9 nitrogen and oxygen atoms in total. The fourth-order valence-electron chi connectivity index (χ4n) is 4.68. The number of anilines is 3. The van der Waals surface area contributed by atoms with Crippen LogP contribution in [0.25, 0.3) is 22.2 Å². The lowest BCUT2D eigenvalue weighted by Crippen LogP contribution is -2.44. The molecule has 0 unspecified atom stereocenters. The number of benzene rings is 2. The minimum Gasteiger partial charge on any atom is -0.369 e. The van der Waals surface area contributed by atoms with Crippen molar-refractivity contribution >= 4 is 49.8 Å². The summed E-state index contributed by atoms with van der Waals surface area (Å²) in [7, 11) is -1.49. The van der Waals surface area contributed by atoms with Crippen molar-refractivity contribution in [3.8, 4) is 11.1 Å². The van der Waals surface area contributed by atoms with Crippen molar-refractivity contribution in [2.45, 2.75) is 18.4 Å². The first-order valence-electron chi connectivity index (χ1n) is 12.3. The Kier molecular flexibility index (Phi) is 7.13. The maximum Gasteiger partial charge on any atom is 0.260 e. The molecule has 11 heteroatoms. The van der Waals surface area contributed by atoms with Gasteiger partial charge in [-0.1, -0.05) is 17.7 Å². The van der Waals surface area contributed by atoms with E-state index in [-0.39, 0.29) is 21.0 Å². The highest BCUT2D eigenvalue weighted by Gasteiger charge is 2.20. The van der Waals surface area contributed by atoms with E-state index in [4.69, 9.17) is 11.6 Å². The van der Waals surface area contributed by atoms with E-state index in [1.54, 1.807) is 24.4 Å². The monoisotopic (exact) mass is 552 g/mol. The van der Waals surface area contributed by atoms with E-state index in [2.05, 4.69) is 44.3 Å². The number of nitrogens with zero attached hydrogens (tertiary/aromatic N) is 5. The van der Waals surface area contributed by atoms with Crippen LogP contribution in [0, 0.1) is 0 Å². The fraction of sp³-hybridized carbons (Fsp3) is 0.296. The van der Waals surface area contributed by atoms with Gasteiger partial charge in [0, 0.05) is 78.1 Å². The first kappa shape index (κ1) is 26.1. The predicted octanol–water partition coefficient (Wildman–Crippen LogP) is 4.03. The third kappa shape index (κ3) is 5.24. The smallest absolute Gasteiger partial charge is 0.260 e. The van der Waals surface area contributed by atoms with Crippen molar-refractivity contribution < 1.29 is 8.42 Å². The molecule has 198 valence electrons. The Hall–Kier alpha value is -3.47. The molecule has 0 atom stereocenters. The minimum absolute atomic E-state index is 0.00308. The molecular weight excluding hydrogens is 524 g/mol. The molecule has 5 rings (SSSR count). The first-order valence-corrected chi connectivity index (χ1v) is 14.6. The van der Waals surface area contributed by atoms with Crippen LogP contribution in [-0.4, -0.2) is 67.3 Å². The largest absolute Gasteiger partial charge is 0.369 e. The molecule has 2 aromatic heterocycles. The third-order valence-corrected chi connectivity index (χ3v) is 8.14. The highest BCUT2D eigenvalue weighted by Crippen LogP contribution is 2.30. The third-order valence-electron chi connectivity index (χ3n) is 6.77. The number of nitrogens with one attached hydrogen (secondary N) is 1. The van der Waals surface area contributed by atoms with Crippen LogP contribution in [0.1, 0.15) is 6.92 Å². The Morgan fingerprint density at radius 2 is 1.71 bits per heavy atom. The Balaban J connectivity index is 1.48. The number of hydrogen-bond acceptors (Lipinski definition) is 8. The van der Waals surface area contributed by atoms with Crippen LogP contribution >= 0.6 is 11.6 Å². The van der Waals surface area contributed by atoms with E-state index >= 15 is 0 Å². The zero-order valence-corrected chi connectivity index (χ0v) is 23.1. The predicted molar refractivity (Wildman–Crippen MR) is 152 cm³/mol. The van der Waals surface area contributed by atoms with Crippen molar-refractivity contribution in [2.75, 3.05) is 49.7 Å². The number of aromatic nitrogens is 3. The summed E-state index contributed by atoms with van der Waals surface area (Å²) in [4.78, 5) is 27.3. The average Bonchev–Trinajstić information content (AvgIpc) is 2.89. The van der Waals surface area contributed by atoms with E-state index in [0.717, 1.165) is 38.1 Å². The Bertz CT molecular complexity index is 1660. The molecule has 2 aromatic carbocycles. The van der Waals surface area contributed by atoms with Gasteiger partial charge in [-0.15, -0.1) is 0 Å². The molecule has 0 bridgehead atoms. The minimum atomic E-state index is -3.63. The SMILES string of the molecule is CCn1c(=O)c(-c2ccc(Cl)cc2S(C)(=O)=O)cc2cnc(Nc3ccc(N4CCN(C)CC4)cc3)nc21. The molecule has 4 aromatic rings. The number of halogens is 1. The normalized spacial score (nSPS) is 14.7. The molecule has 0 radical (unpaired) electrons. The molecule has 1 N–H and O–H groups in total. The second-order valence-corrected chi connectivity index (χ2v) is 11.9. The van der Waals surface area contributed by atoms with E-state index in [1.807, 2.05) is 19.1 Å². The zero-order chi connectivity index (χ0) is 27.0. The van der Waals surface area contributed by atoms with Crippen molar-refractivity contribution in [3.63, 3.8) is 0 Å². The van der Waals surface area contributed by atoms with Gasteiger partial charge in [0.15, 0.2) is 9.84 Å². The first-order chi connectivity index (χ1) is 18.1. The van der Waals surface area contributed by atoms with Gasteiger partial charge in [-0.2, -0.15) is 4.98 Å². The molecule has 1 saturated heterocycles. The Morgan fingerprint density at radius 3 is 2.37 bits per heavy atom. The van der Waals surface area contributed by atoms with Crippen LogP contribution in [0.3, 0.4) is 0 Å². The molecule has 3 heterocycles. The van der Waals surface area contributed by atoms with E-state index in [9.17, 15) is 13.2 Å². The van der Waals surface area contributed by atoms with Crippen LogP contribution in [0.2, 0.25) is 5.02 Å². The van der Waals surface area contributed by atoms with Crippen molar-refractivity contribution in [3.05, 3.63) is 70.1 Å². The van der Waals surface area contributed by atoms with Crippen LogP contribution < -0.4 is 15.8 Å². The van der Waals surface area contributed by atoms with Gasteiger partial charge in [0.1, 0.15) is 5.65 Å². The average molecular weight is 553 g/mol. The molecule has 1 fully saturated rings. The molecular formula is C27H29ClN6O3S. The lowest BCUT2D eigenvalue weighted by Gasteiger charge is -2.34. The highest BCUT2D eigenvalue weighted by molar-refractivity contribution is 7.90. The molecule has 38 heavy (non-hydrogen) atoms. The van der Waals surface area contributed by atoms with Crippen molar-refractivity contribution in [2.24, 2.45) is 0 Å². The van der Waals surface area contributed by atoms with Crippen LogP contribution in [0.4, 0.5) is 17.3 Å². The summed E-state index contributed by atoms with van der Waals surface area (Å²) < 4.78 is 26.4. The molecule has 0 spiro atoms.